The molecule has 0 radical (unpaired) electrons. The van der Waals surface area contributed by atoms with E-state index in [1.807, 2.05) is 11.0 Å². The summed E-state index contributed by atoms with van der Waals surface area (Å²) >= 11 is 4.78. The standard InChI is InChI=1S/C42H54F3N7O5S/c1-25-19-33(20-26(2)50(25)24-37(54)48-30-9-5-8-29(21-30)47-35-16-17-36(53)49-38(35)55)57-18-6-7-27-10-13-31(14-11-27)52-40(58)51(39(56)41(52,3)4)32-15-12-28(23-46)34(22-32)42(43,44)45/h5,8-9,12,15,21-22,25-27,31,33,35,40,47,58H,6-7,10-11,13-14,16-20,24H2,1-4H3,(H,48,54)(H,49,53,55). The van der Waals surface area contributed by atoms with Gasteiger partial charge in [0, 0.05) is 48.2 Å². The molecule has 3 aliphatic heterocycles. The molecular formula is C42H54F3N7O5S. The van der Waals surface area contributed by atoms with E-state index < -0.39 is 34.4 Å². The van der Waals surface area contributed by atoms with E-state index in [0.29, 0.717) is 30.3 Å². The van der Waals surface area contributed by atoms with E-state index in [1.165, 1.54) is 11.0 Å². The maximum Gasteiger partial charge on any atom is 0.417 e. The van der Waals surface area contributed by atoms with Crippen molar-refractivity contribution in [1.29, 1.82) is 5.26 Å². The highest BCUT2D eigenvalue weighted by molar-refractivity contribution is 7.81. The molecule has 0 aromatic heterocycles. The average molecular weight is 826 g/mol. The Morgan fingerprint density at radius 1 is 1.02 bits per heavy atom. The van der Waals surface area contributed by atoms with Crippen LogP contribution < -0.4 is 20.9 Å². The van der Waals surface area contributed by atoms with Crippen molar-refractivity contribution in [2.75, 3.05) is 28.7 Å². The fourth-order valence-electron chi connectivity index (χ4n) is 9.26. The average Bonchev–Trinajstić information content (AvgIpc) is 3.34. The molecule has 16 heteroatoms. The second-order valence-corrected chi connectivity index (χ2v) is 17.2. The maximum absolute atomic E-state index is 13.7. The first-order chi connectivity index (χ1) is 27.5. The van der Waals surface area contributed by atoms with Crippen molar-refractivity contribution >= 4 is 53.3 Å². The molecule has 0 spiro atoms. The van der Waals surface area contributed by atoms with Gasteiger partial charge in [-0.2, -0.15) is 18.4 Å². The summed E-state index contributed by atoms with van der Waals surface area (Å²) in [5.41, 5.74) is -1.91. The van der Waals surface area contributed by atoms with Crippen LogP contribution in [0.15, 0.2) is 42.5 Å². The fraction of sp³-hybridized carbons (Fsp3) is 0.595. The second kappa shape index (κ2) is 18.0. The molecule has 6 rings (SSSR count). The molecule has 0 bridgehead atoms. The number of benzene rings is 2. The van der Waals surface area contributed by atoms with Gasteiger partial charge in [0.2, 0.25) is 23.6 Å². The summed E-state index contributed by atoms with van der Waals surface area (Å²) < 4.78 is 47.6. The number of carbonyl (C=O) groups excluding carboxylic acids is 4. The van der Waals surface area contributed by atoms with Crippen LogP contribution >= 0.6 is 12.6 Å². The van der Waals surface area contributed by atoms with E-state index in [2.05, 4.69) is 34.7 Å². The third kappa shape index (κ3) is 9.81. The first-order valence-corrected chi connectivity index (χ1v) is 20.8. The number of hydrogen-bond donors (Lipinski definition) is 4. The first-order valence-electron chi connectivity index (χ1n) is 20.2. The van der Waals surface area contributed by atoms with Crippen LogP contribution in [0.25, 0.3) is 0 Å². The van der Waals surface area contributed by atoms with Crippen LogP contribution in [0.3, 0.4) is 0 Å². The quantitative estimate of drug-likeness (QED) is 0.105. The number of thiol groups is 1. The van der Waals surface area contributed by atoms with E-state index in [-0.39, 0.29) is 66.5 Å². The number of hydrogen-bond acceptors (Lipinski definition) is 10. The van der Waals surface area contributed by atoms with Gasteiger partial charge < -0.3 is 15.4 Å². The van der Waals surface area contributed by atoms with Crippen molar-refractivity contribution in [3.05, 3.63) is 53.6 Å². The summed E-state index contributed by atoms with van der Waals surface area (Å²) in [6.07, 6.45) is 3.27. The summed E-state index contributed by atoms with van der Waals surface area (Å²) in [7, 11) is 0. The first kappa shape index (κ1) is 43.4. The topological polar surface area (TPSA) is 147 Å². The second-order valence-electron chi connectivity index (χ2n) is 16.8. The molecule has 4 fully saturated rings. The zero-order chi connectivity index (χ0) is 41.9. The number of ether oxygens (including phenoxy) is 1. The van der Waals surface area contributed by atoms with E-state index >= 15 is 0 Å². The summed E-state index contributed by atoms with van der Waals surface area (Å²) in [5.74, 6) is -0.573. The van der Waals surface area contributed by atoms with Crippen LogP contribution in [0.2, 0.25) is 0 Å². The van der Waals surface area contributed by atoms with Gasteiger partial charge in [-0.15, -0.1) is 12.6 Å². The van der Waals surface area contributed by atoms with E-state index in [0.717, 1.165) is 63.5 Å². The van der Waals surface area contributed by atoms with E-state index in [1.54, 1.807) is 38.1 Å². The van der Waals surface area contributed by atoms with Crippen LogP contribution in [0.5, 0.6) is 0 Å². The normalized spacial score (nSPS) is 28.2. The lowest BCUT2D eigenvalue weighted by molar-refractivity contribution is -0.138. The zero-order valence-electron chi connectivity index (χ0n) is 33.5. The van der Waals surface area contributed by atoms with Gasteiger partial charge in [-0.25, -0.2) is 0 Å². The maximum atomic E-state index is 13.7. The van der Waals surface area contributed by atoms with Crippen molar-refractivity contribution in [2.24, 2.45) is 5.92 Å². The summed E-state index contributed by atoms with van der Waals surface area (Å²) in [4.78, 5) is 56.0. The lowest BCUT2D eigenvalue weighted by Gasteiger charge is -2.42. The molecule has 12 nitrogen and oxygen atoms in total. The number of piperidine rings is 2. The van der Waals surface area contributed by atoms with Gasteiger partial charge in [-0.1, -0.05) is 6.07 Å². The SMILES string of the molecule is CC1CC(OCCCC2CCC(N3C(S)N(c4ccc(C#N)c(C(F)(F)F)c4)C(=O)C3(C)C)CC2)CC(C)N1CC(=O)Nc1cccc(NC2CCC(=O)NC2=O)c1. The number of nitrogens with one attached hydrogen (secondary N) is 3. The third-order valence-electron chi connectivity index (χ3n) is 12.3. The van der Waals surface area contributed by atoms with Crippen molar-refractivity contribution < 1.29 is 37.1 Å². The Morgan fingerprint density at radius 3 is 2.36 bits per heavy atom. The Morgan fingerprint density at radius 2 is 1.71 bits per heavy atom. The Labute approximate surface area is 343 Å². The Kier molecular flexibility index (Phi) is 13.5. The van der Waals surface area contributed by atoms with Gasteiger partial charge in [-0.3, -0.25) is 39.2 Å². The Hall–Kier alpha value is -4.17. The number of carbonyl (C=O) groups is 4. The van der Waals surface area contributed by atoms with Crippen molar-refractivity contribution in [1.82, 2.24) is 15.1 Å². The predicted octanol–water partition coefficient (Wildman–Crippen LogP) is 6.67. The number of amides is 4. The number of likely N-dealkylation sites (tertiary alicyclic amines) is 1. The number of nitrogens with zero attached hydrogens (tertiary/aromatic N) is 4. The molecule has 58 heavy (non-hydrogen) atoms. The predicted molar refractivity (Wildman–Crippen MR) is 217 cm³/mol. The molecular weight excluding hydrogens is 772 g/mol. The van der Waals surface area contributed by atoms with Crippen LogP contribution in [0.1, 0.15) is 103 Å². The molecule has 4 amide bonds. The molecule has 4 atom stereocenters. The molecule has 314 valence electrons. The smallest absolute Gasteiger partial charge is 0.378 e. The Balaban J connectivity index is 0.918. The van der Waals surface area contributed by atoms with Crippen LogP contribution in [-0.4, -0.2) is 87.9 Å². The van der Waals surface area contributed by atoms with Gasteiger partial charge in [-0.05, 0) is 128 Å². The monoisotopic (exact) mass is 825 g/mol. The summed E-state index contributed by atoms with van der Waals surface area (Å²) in [6, 6.07) is 12.0. The number of anilines is 3. The van der Waals surface area contributed by atoms with Crippen LogP contribution in [0, 0.1) is 17.2 Å². The fourth-order valence-corrected chi connectivity index (χ4v) is 9.98. The van der Waals surface area contributed by atoms with Gasteiger partial charge >= 0.3 is 6.18 Å². The van der Waals surface area contributed by atoms with Crippen molar-refractivity contribution in [2.45, 2.75) is 139 Å². The minimum Gasteiger partial charge on any atom is -0.378 e. The highest BCUT2D eigenvalue weighted by Crippen LogP contribution is 2.44. The highest BCUT2D eigenvalue weighted by atomic mass is 32.1. The van der Waals surface area contributed by atoms with E-state index in [4.69, 9.17) is 17.4 Å². The van der Waals surface area contributed by atoms with Gasteiger partial charge in [0.25, 0.3) is 0 Å². The summed E-state index contributed by atoms with van der Waals surface area (Å²) in [5, 5.41) is 17.7. The molecule has 3 heterocycles. The lowest BCUT2D eigenvalue weighted by Crippen LogP contribution is -2.51. The molecule has 3 saturated heterocycles. The largest absolute Gasteiger partial charge is 0.417 e. The number of imide groups is 1. The molecule has 4 unspecified atom stereocenters. The molecule has 2 aromatic rings. The summed E-state index contributed by atoms with van der Waals surface area (Å²) in [6.45, 7) is 8.73. The minimum absolute atomic E-state index is 0.0434. The van der Waals surface area contributed by atoms with Crippen LogP contribution in [-0.2, 0) is 30.1 Å². The highest BCUT2D eigenvalue weighted by Gasteiger charge is 2.54. The van der Waals surface area contributed by atoms with Gasteiger partial charge in [0.1, 0.15) is 11.5 Å². The molecule has 4 aliphatic rings. The zero-order valence-corrected chi connectivity index (χ0v) is 34.4. The number of halogens is 3. The molecule has 2 aromatic carbocycles. The number of nitriles is 1. The lowest BCUT2D eigenvalue weighted by atomic mass is 9.82. The molecule has 1 saturated carbocycles. The Bertz CT molecular complexity index is 1890. The van der Waals surface area contributed by atoms with E-state index in [9.17, 15) is 37.6 Å². The van der Waals surface area contributed by atoms with Crippen molar-refractivity contribution in [3.8, 4) is 6.07 Å². The van der Waals surface area contributed by atoms with Crippen molar-refractivity contribution in [3.63, 3.8) is 0 Å². The minimum atomic E-state index is -4.73. The molecule has 1 aliphatic carbocycles. The third-order valence-corrected chi connectivity index (χ3v) is 12.8. The van der Waals surface area contributed by atoms with Gasteiger partial charge in [0.15, 0.2) is 0 Å². The number of rotatable bonds is 12. The molecule has 3 N–H and O–H groups in total. The van der Waals surface area contributed by atoms with Crippen LogP contribution in [0.4, 0.5) is 30.2 Å². The van der Waals surface area contributed by atoms with Gasteiger partial charge in [0.05, 0.1) is 35.4 Å². The number of alkyl halides is 3.